The summed E-state index contributed by atoms with van der Waals surface area (Å²) in [5.74, 6) is 0.0199. The van der Waals surface area contributed by atoms with E-state index < -0.39 is 5.97 Å². The predicted octanol–water partition coefficient (Wildman–Crippen LogP) is 3.59. The van der Waals surface area contributed by atoms with Gasteiger partial charge >= 0.3 is 5.97 Å². The minimum atomic E-state index is -0.438. The molecule has 3 aromatic rings. The molecule has 0 saturated carbocycles. The van der Waals surface area contributed by atoms with Crippen LogP contribution in [0.25, 0.3) is 22.0 Å². The molecule has 4 nitrogen and oxygen atoms in total. The lowest BCUT2D eigenvalue weighted by atomic mass is 9.99. The topological polar surface area (TPSA) is 52.3 Å². The molecule has 0 N–H and O–H groups in total. The molecule has 2 aromatic carbocycles. The van der Waals surface area contributed by atoms with E-state index in [-0.39, 0.29) is 0 Å². The molecule has 0 amide bonds. The average molecular weight is 267 g/mol. The average Bonchev–Trinajstić information content (AvgIpc) is 2.87. The van der Waals surface area contributed by atoms with E-state index in [1.54, 1.807) is 6.92 Å². The maximum Gasteiger partial charge on any atom is 0.343 e. The summed E-state index contributed by atoms with van der Waals surface area (Å²) in [6.45, 7) is 1.70. The van der Waals surface area contributed by atoms with Gasteiger partial charge in [0.1, 0.15) is 17.0 Å². The number of esters is 1. The molecule has 100 valence electrons. The van der Waals surface area contributed by atoms with Gasteiger partial charge in [-0.25, -0.2) is 4.79 Å². The maximum absolute atomic E-state index is 11.9. The van der Waals surface area contributed by atoms with Gasteiger partial charge in [0.15, 0.2) is 0 Å². The van der Waals surface area contributed by atoms with E-state index in [9.17, 15) is 4.79 Å². The Bertz CT molecular complexity index is 784. The molecule has 0 aliphatic heterocycles. The van der Waals surface area contributed by atoms with Crippen LogP contribution >= 0.6 is 0 Å². The van der Waals surface area contributed by atoms with E-state index in [2.05, 4.69) is 5.16 Å². The maximum atomic E-state index is 11.9. The summed E-state index contributed by atoms with van der Waals surface area (Å²) in [5.41, 5.74) is 1.76. The fraction of sp³-hybridized carbons (Fsp3) is 0.125. The fourth-order valence-corrected chi connectivity index (χ4v) is 2.33. The third-order valence-corrected chi connectivity index (χ3v) is 3.30. The van der Waals surface area contributed by atoms with Gasteiger partial charge in [0, 0.05) is 5.56 Å². The van der Waals surface area contributed by atoms with E-state index in [0.29, 0.717) is 17.0 Å². The van der Waals surface area contributed by atoms with Gasteiger partial charge in [-0.15, -0.1) is 0 Å². The monoisotopic (exact) mass is 267 g/mol. The van der Waals surface area contributed by atoms with Gasteiger partial charge in [-0.2, -0.15) is 0 Å². The van der Waals surface area contributed by atoms with Crippen LogP contribution in [0.3, 0.4) is 0 Å². The van der Waals surface area contributed by atoms with Gasteiger partial charge in [-0.3, -0.25) is 0 Å². The third-order valence-electron chi connectivity index (χ3n) is 3.30. The fourth-order valence-electron chi connectivity index (χ4n) is 2.33. The highest BCUT2D eigenvalue weighted by molar-refractivity contribution is 6.03. The standard InChI is InChI=1S/C16H13NO3/c1-10-14(16(18)19-2)15(17-20-10)13-9-5-7-11-6-3-4-8-12(11)13/h3-9H,1-2H3. The Morgan fingerprint density at radius 3 is 2.70 bits per heavy atom. The quantitative estimate of drug-likeness (QED) is 0.666. The smallest absolute Gasteiger partial charge is 0.343 e. The summed E-state index contributed by atoms with van der Waals surface area (Å²) in [4.78, 5) is 11.9. The molecule has 0 aliphatic carbocycles. The minimum Gasteiger partial charge on any atom is -0.465 e. The number of benzene rings is 2. The number of carbonyl (C=O) groups excluding carboxylic acids is 1. The lowest BCUT2D eigenvalue weighted by molar-refractivity contribution is 0.0599. The second-order valence-corrected chi connectivity index (χ2v) is 4.48. The summed E-state index contributed by atoms with van der Waals surface area (Å²) in [7, 11) is 1.35. The molecule has 0 fully saturated rings. The van der Waals surface area contributed by atoms with Crippen LogP contribution in [0, 0.1) is 6.92 Å². The summed E-state index contributed by atoms with van der Waals surface area (Å²) in [6, 6.07) is 13.8. The van der Waals surface area contributed by atoms with Crippen LogP contribution in [0.15, 0.2) is 47.0 Å². The van der Waals surface area contributed by atoms with Crippen molar-refractivity contribution in [1.29, 1.82) is 0 Å². The Morgan fingerprint density at radius 1 is 1.15 bits per heavy atom. The number of methoxy groups -OCH3 is 1. The highest BCUT2D eigenvalue weighted by atomic mass is 16.5. The second kappa shape index (κ2) is 4.81. The Balaban J connectivity index is 2.29. The van der Waals surface area contributed by atoms with E-state index in [1.807, 2.05) is 42.5 Å². The normalized spacial score (nSPS) is 10.7. The van der Waals surface area contributed by atoms with Crippen LogP contribution < -0.4 is 0 Å². The van der Waals surface area contributed by atoms with Crippen molar-refractivity contribution in [3.05, 3.63) is 53.8 Å². The molecule has 0 bridgehead atoms. The van der Waals surface area contributed by atoms with Crippen molar-refractivity contribution in [2.75, 3.05) is 7.11 Å². The van der Waals surface area contributed by atoms with Crippen molar-refractivity contribution in [1.82, 2.24) is 5.16 Å². The number of nitrogens with zero attached hydrogens (tertiary/aromatic N) is 1. The highest BCUT2D eigenvalue weighted by Gasteiger charge is 2.23. The zero-order valence-corrected chi connectivity index (χ0v) is 11.2. The van der Waals surface area contributed by atoms with Crippen molar-refractivity contribution in [3.63, 3.8) is 0 Å². The first-order chi connectivity index (χ1) is 9.72. The number of aromatic nitrogens is 1. The first-order valence-corrected chi connectivity index (χ1v) is 6.25. The molecule has 0 spiro atoms. The molecule has 0 unspecified atom stereocenters. The van der Waals surface area contributed by atoms with Gasteiger partial charge in [0.05, 0.1) is 7.11 Å². The Labute approximate surface area is 116 Å². The zero-order chi connectivity index (χ0) is 14.1. The molecule has 0 radical (unpaired) electrons. The molecular formula is C16H13NO3. The van der Waals surface area contributed by atoms with Gasteiger partial charge in [0.25, 0.3) is 0 Å². The first kappa shape index (κ1) is 12.4. The van der Waals surface area contributed by atoms with Crippen molar-refractivity contribution >= 4 is 16.7 Å². The molecule has 0 saturated heterocycles. The number of hydrogen-bond acceptors (Lipinski definition) is 4. The molecule has 4 heteroatoms. The molecule has 0 aliphatic rings. The lowest BCUT2D eigenvalue weighted by Crippen LogP contribution is -2.03. The zero-order valence-electron chi connectivity index (χ0n) is 11.2. The predicted molar refractivity (Wildman–Crippen MR) is 75.5 cm³/mol. The molecule has 1 heterocycles. The van der Waals surface area contributed by atoms with E-state index in [4.69, 9.17) is 9.26 Å². The van der Waals surface area contributed by atoms with Gasteiger partial charge in [-0.1, -0.05) is 47.6 Å². The SMILES string of the molecule is COC(=O)c1c(-c2cccc3ccccc23)noc1C. The van der Waals surface area contributed by atoms with Gasteiger partial charge in [-0.05, 0) is 17.7 Å². The summed E-state index contributed by atoms with van der Waals surface area (Å²) < 4.78 is 9.98. The van der Waals surface area contributed by atoms with Gasteiger partial charge in [0.2, 0.25) is 0 Å². The van der Waals surface area contributed by atoms with Crippen molar-refractivity contribution in [2.45, 2.75) is 6.92 Å². The molecular weight excluding hydrogens is 254 g/mol. The van der Waals surface area contributed by atoms with Crippen LogP contribution in [0.5, 0.6) is 0 Å². The molecule has 1 aromatic heterocycles. The van der Waals surface area contributed by atoms with Gasteiger partial charge < -0.3 is 9.26 Å². The number of rotatable bonds is 2. The second-order valence-electron chi connectivity index (χ2n) is 4.48. The van der Waals surface area contributed by atoms with Crippen LogP contribution in [-0.2, 0) is 4.74 Å². The van der Waals surface area contributed by atoms with E-state index in [0.717, 1.165) is 16.3 Å². The Morgan fingerprint density at radius 2 is 1.90 bits per heavy atom. The number of hydrogen-bond donors (Lipinski definition) is 0. The van der Waals surface area contributed by atoms with E-state index >= 15 is 0 Å². The summed E-state index contributed by atoms with van der Waals surface area (Å²) in [5, 5.41) is 6.14. The third kappa shape index (κ3) is 1.86. The van der Waals surface area contributed by atoms with Crippen molar-refractivity contribution in [3.8, 4) is 11.3 Å². The summed E-state index contributed by atoms with van der Waals surface area (Å²) in [6.07, 6.45) is 0. The van der Waals surface area contributed by atoms with Crippen LogP contribution in [0.4, 0.5) is 0 Å². The van der Waals surface area contributed by atoms with Crippen molar-refractivity contribution < 1.29 is 14.1 Å². The highest BCUT2D eigenvalue weighted by Crippen LogP contribution is 2.31. The minimum absolute atomic E-state index is 0.379. The van der Waals surface area contributed by atoms with Crippen LogP contribution in [0.2, 0.25) is 0 Å². The Hall–Kier alpha value is -2.62. The lowest BCUT2D eigenvalue weighted by Gasteiger charge is -2.05. The molecule has 20 heavy (non-hydrogen) atoms. The number of aryl methyl sites for hydroxylation is 1. The van der Waals surface area contributed by atoms with Crippen molar-refractivity contribution in [2.24, 2.45) is 0 Å². The molecule has 3 rings (SSSR count). The molecule has 0 atom stereocenters. The largest absolute Gasteiger partial charge is 0.465 e. The number of carbonyl (C=O) groups is 1. The number of fused-ring (bicyclic) bond motifs is 1. The van der Waals surface area contributed by atoms with Crippen LogP contribution in [0.1, 0.15) is 16.1 Å². The number of ether oxygens (including phenoxy) is 1. The Kier molecular flexibility index (Phi) is 2.99. The first-order valence-electron chi connectivity index (χ1n) is 6.25. The summed E-state index contributed by atoms with van der Waals surface area (Å²) >= 11 is 0. The van der Waals surface area contributed by atoms with Crippen LogP contribution in [-0.4, -0.2) is 18.2 Å². The van der Waals surface area contributed by atoms with E-state index in [1.165, 1.54) is 7.11 Å².